The molecule has 15 heavy (non-hydrogen) atoms. The molecule has 0 radical (unpaired) electrons. The Hall–Kier alpha value is -1.42. The van der Waals surface area contributed by atoms with Gasteiger partial charge in [-0.25, -0.2) is 0 Å². The van der Waals surface area contributed by atoms with E-state index in [1.54, 1.807) is 24.5 Å². The normalized spacial score (nSPS) is 12.7. The Bertz CT molecular complexity index is 312. The summed E-state index contributed by atoms with van der Waals surface area (Å²) in [7, 11) is 3.87. The molecular formula is C11H16N2O2. The second kappa shape index (κ2) is 5.46. The standard InChI is InChI=1S/C11H16N2O2/c1-13(2)8-5-10(11(14)15)9-3-6-12-7-4-9/h3-4,6-7,10H,5,8H2,1-2H3,(H,14,15). The molecule has 1 N–H and O–H groups in total. The first-order valence-corrected chi connectivity index (χ1v) is 4.88. The summed E-state index contributed by atoms with van der Waals surface area (Å²) >= 11 is 0. The van der Waals surface area contributed by atoms with Gasteiger partial charge in [0.05, 0.1) is 5.92 Å². The quantitative estimate of drug-likeness (QED) is 0.790. The van der Waals surface area contributed by atoms with Crippen molar-refractivity contribution in [1.82, 2.24) is 9.88 Å². The SMILES string of the molecule is CN(C)CCC(C(=O)O)c1ccncc1. The number of pyridine rings is 1. The number of carbonyl (C=O) groups is 1. The first-order chi connectivity index (χ1) is 7.11. The van der Waals surface area contributed by atoms with E-state index in [1.807, 2.05) is 19.0 Å². The molecule has 4 nitrogen and oxygen atoms in total. The molecule has 0 aliphatic heterocycles. The third-order valence-electron chi connectivity index (χ3n) is 2.27. The van der Waals surface area contributed by atoms with Crippen LogP contribution in [0.1, 0.15) is 17.9 Å². The molecule has 0 fully saturated rings. The van der Waals surface area contributed by atoms with Crippen LogP contribution < -0.4 is 0 Å². The van der Waals surface area contributed by atoms with Crippen LogP contribution in [0.4, 0.5) is 0 Å². The summed E-state index contributed by atoms with van der Waals surface area (Å²) in [5.41, 5.74) is 0.819. The molecule has 1 heterocycles. The molecule has 4 heteroatoms. The molecule has 1 aromatic rings. The van der Waals surface area contributed by atoms with Crippen molar-refractivity contribution in [3.8, 4) is 0 Å². The maximum absolute atomic E-state index is 11.1. The number of aliphatic carboxylic acids is 1. The Balaban J connectivity index is 2.71. The molecule has 1 rings (SSSR count). The Kier molecular flexibility index (Phi) is 4.24. The maximum Gasteiger partial charge on any atom is 0.311 e. The minimum absolute atomic E-state index is 0.435. The Morgan fingerprint density at radius 1 is 1.47 bits per heavy atom. The van der Waals surface area contributed by atoms with Gasteiger partial charge in [0.2, 0.25) is 0 Å². The number of aromatic nitrogens is 1. The predicted octanol–water partition coefficient (Wildman–Crippen LogP) is 1.20. The van der Waals surface area contributed by atoms with Crippen LogP contribution in [0.5, 0.6) is 0 Å². The summed E-state index contributed by atoms with van der Waals surface area (Å²) in [6, 6.07) is 3.52. The van der Waals surface area contributed by atoms with Gasteiger partial charge in [-0.1, -0.05) is 0 Å². The fraction of sp³-hybridized carbons (Fsp3) is 0.455. The monoisotopic (exact) mass is 208 g/mol. The minimum Gasteiger partial charge on any atom is -0.481 e. The van der Waals surface area contributed by atoms with Gasteiger partial charge < -0.3 is 10.0 Å². The van der Waals surface area contributed by atoms with Gasteiger partial charge in [0.25, 0.3) is 0 Å². The van der Waals surface area contributed by atoms with Crippen molar-refractivity contribution >= 4 is 5.97 Å². The van der Waals surface area contributed by atoms with E-state index in [0.717, 1.165) is 12.1 Å². The van der Waals surface area contributed by atoms with Gasteiger partial charge in [-0.2, -0.15) is 0 Å². The average molecular weight is 208 g/mol. The summed E-state index contributed by atoms with van der Waals surface area (Å²) in [6.07, 6.45) is 3.87. The molecule has 0 aliphatic carbocycles. The van der Waals surface area contributed by atoms with E-state index in [2.05, 4.69) is 4.98 Å². The number of nitrogens with zero attached hydrogens (tertiary/aromatic N) is 2. The van der Waals surface area contributed by atoms with Crippen LogP contribution in [-0.2, 0) is 4.79 Å². The summed E-state index contributed by atoms with van der Waals surface area (Å²) in [4.78, 5) is 16.9. The summed E-state index contributed by atoms with van der Waals surface area (Å²) in [6.45, 7) is 0.763. The van der Waals surface area contributed by atoms with E-state index < -0.39 is 11.9 Å². The lowest BCUT2D eigenvalue weighted by atomic mass is 9.97. The molecule has 0 spiro atoms. The van der Waals surface area contributed by atoms with Crippen molar-refractivity contribution in [3.63, 3.8) is 0 Å². The highest BCUT2D eigenvalue weighted by atomic mass is 16.4. The predicted molar refractivity (Wildman–Crippen MR) is 57.8 cm³/mol. The molecule has 0 aliphatic rings. The van der Waals surface area contributed by atoms with Crippen LogP contribution in [0, 0.1) is 0 Å². The number of carboxylic acid groups (broad SMARTS) is 1. The van der Waals surface area contributed by atoms with Gasteiger partial charge in [-0.15, -0.1) is 0 Å². The zero-order valence-electron chi connectivity index (χ0n) is 9.05. The highest BCUT2D eigenvalue weighted by molar-refractivity contribution is 5.75. The molecule has 0 saturated heterocycles. The fourth-order valence-electron chi connectivity index (χ4n) is 1.42. The number of carboxylic acids is 1. The van der Waals surface area contributed by atoms with Crippen molar-refractivity contribution in [3.05, 3.63) is 30.1 Å². The Morgan fingerprint density at radius 2 is 2.07 bits per heavy atom. The van der Waals surface area contributed by atoms with Crippen LogP contribution in [-0.4, -0.2) is 41.6 Å². The third kappa shape index (κ3) is 3.67. The van der Waals surface area contributed by atoms with Crippen molar-refractivity contribution in [2.24, 2.45) is 0 Å². The summed E-state index contributed by atoms with van der Waals surface area (Å²) < 4.78 is 0. The van der Waals surface area contributed by atoms with Gasteiger partial charge in [-0.3, -0.25) is 9.78 Å². The lowest BCUT2D eigenvalue weighted by molar-refractivity contribution is -0.139. The van der Waals surface area contributed by atoms with E-state index in [-0.39, 0.29) is 0 Å². The summed E-state index contributed by atoms with van der Waals surface area (Å²) in [5.74, 6) is -1.21. The largest absolute Gasteiger partial charge is 0.481 e. The fourth-order valence-corrected chi connectivity index (χ4v) is 1.42. The second-order valence-electron chi connectivity index (χ2n) is 3.76. The molecule has 1 aromatic heterocycles. The highest BCUT2D eigenvalue weighted by Crippen LogP contribution is 2.19. The smallest absolute Gasteiger partial charge is 0.311 e. The number of rotatable bonds is 5. The van der Waals surface area contributed by atoms with Crippen molar-refractivity contribution < 1.29 is 9.90 Å². The maximum atomic E-state index is 11.1. The number of hydrogen-bond acceptors (Lipinski definition) is 3. The van der Waals surface area contributed by atoms with Crippen LogP contribution in [0.2, 0.25) is 0 Å². The zero-order valence-corrected chi connectivity index (χ0v) is 9.05. The molecule has 0 aromatic carbocycles. The van der Waals surface area contributed by atoms with Gasteiger partial charge in [-0.05, 0) is 44.8 Å². The first kappa shape index (κ1) is 11.7. The van der Waals surface area contributed by atoms with E-state index in [0.29, 0.717) is 6.42 Å². The van der Waals surface area contributed by atoms with E-state index in [1.165, 1.54) is 0 Å². The van der Waals surface area contributed by atoms with Crippen molar-refractivity contribution in [2.45, 2.75) is 12.3 Å². The minimum atomic E-state index is -0.775. The van der Waals surface area contributed by atoms with E-state index >= 15 is 0 Å². The van der Waals surface area contributed by atoms with Crippen LogP contribution in [0.3, 0.4) is 0 Å². The van der Waals surface area contributed by atoms with Crippen molar-refractivity contribution in [2.75, 3.05) is 20.6 Å². The molecule has 0 amide bonds. The van der Waals surface area contributed by atoms with Crippen LogP contribution >= 0.6 is 0 Å². The molecule has 0 saturated carbocycles. The summed E-state index contributed by atoms with van der Waals surface area (Å²) in [5, 5.41) is 9.10. The molecule has 1 unspecified atom stereocenters. The Morgan fingerprint density at radius 3 is 2.53 bits per heavy atom. The lowest BCUT2D eigenvalue weighted by Crippen LogP contribution is -2.20. The topological polar surface area (TPSA) is 53.4 Å². The molecule has 0 bridgehead atoms. The van der Waals surface area contributed by atoms with Gasteiger partial charge in [0.15, 0.2) is 0 Å². The lowest BCUT2D eigenvalue weighted by Gasteiger charge is -2.15. The average Bonchev–Trinajstić information content (AvgIpc) is 2.18. The molecular weight excluding hydrogens is 192 g/mol. The molecule has 82 valence electrons. The van der Waals surface area contributed by atoms with Crippen LogP contribution in [0.25, 0.3) is 0 Å². The zero-order chi connectivity index (χ0) is 11.3. The van der Waals surface area contributed by atoms with Crippen molar-refractivity contribution in [1.29, 1.82) is 0 Å². The Labute approximate surface area is 89.6 Å². The van der Waals surface area contributed by atoms with E-state index in [4.69, 9.17) is 5.11 Å². The molecule has 1 atom stereocenters. The first-order valence-electron chi connectivity index (χ1n) is 4.88. The van der Waals surface area contributed by atoms with Crippen LogP contribution in [0.15, 0.2) is 24.5 Å². The van der Waals surface area contributed by atoms with Gasteiger partial charge >= 0.3 is 5.97 Å². The second-order valence-corrected chi connectivity index (χ2v) is 3.76. The highest BCUT2D eigenvalue weighted by Gasteiger charge is 2.19. The number of hydrogen-bond donors (Lipinski definition) is 1. The van der Waals surface area contributed by atoms with Gasteiger partial charge in [0.1, 0.15) is 0 Å². The van der Waals surface area contributed by atoms with E-state index in [9.17, 15) is 4.79 Å². The third-order valence-corrected chi connectivity index (χ3v) is 2.27. The van der Waals surface area contributed by atoms with Gasteiger partial charge in [0, 0.05) is 12.4 Å².